The van der Waals surface area contributed by atoms with Crippen LogP contribution in [0.4, 0.5) is 0 Å². The molecule has 4 fully saturated rings. The lowest BCUT2D eigenvalue weighted by atomic mass is 9.40. The monoisotopic (exact) mass is 636 g/mol. The van der Waals surface area contributed by atoms with Crippen LogP contribution >= 0.6 is 0 Å². The predicted octanol–water partition coefficient (Wildman–Crippen LogP) is 1.76. The summed E-state index contributed by atoms with van der Waals surface area (Å²) in [4.78, 5) is 59.9. The average Bonchev–Trinajstić information content (AvgIpc) is 3.64. The van der Waals surface area contributed by atoms with E-state index in [2.05, 4.69) is 4.42 Å². The summed E-state index contributed by atoms with van der Waals surface area (Å²) in [5, 5.41) is 36.6. The maximum Gasteiger partial charge on any atom is 0.330 e. The van der Waals surface area contributed by atoms with Crippen molar-refractivity contribution in [1.82, 2.24) is 0 Å². The van der Waals surface area contributed by atoms with Crippen molar-refractivity contribution in [3.05, 3.63) is 36.8 Å². The molecule has 2 aliphatic carbocycles. The maximum atomic E-state index is 13.6. The molecule has 0 aromatic carbocycles. The van der Waals surface area contributed by atoms with Crippen LogP contribution in [0.5, 0.6) is 0 Å². The number of carbonyl (C=O) groups excluding carboxylic acids is 5. The van der Waals surface area contributed by atoms with Gasteiger partial charge >= 0.3 is 17.9 Å². The molecule has 4 unspecified atom stereocenters. The molecule has 1 aromatic rings. The molecule has 12 atom stereocenters. The number of furan rings is 1. The first-order valence-corrected chi connectivity index (χ1v) is 14.7. The zero-order valence-corrected chi connectivity index (χ0v) is 27.0. The van der Waals surface area contributed by atoms with Crippen molar-refractivity contribution in [2.75, 3.05) is 7.11 Å². The summed E-state index contributed by atoms with van der Waals surface area (Å²) in [5.41, 5.74) is -7.57. The molecule has 13 heteroatoms. The summed E-state index contributed by atoms with van der Waals surface area (Å²) in [7, 11) is 1.15. The van der Waals surface area contributed by atoms with Gasteiger partial charge in [0.2, 0.25) is 5.79 Å². The fourth-order valence-corrected chi connectivity index (χ4v) is 8.70. The lowest BCUT2D eigenvalue weighted by Crippen LogP contribution is -2.75. The molecule has 5 rings (SSSR count). The van der Waals surface area contributed by atoms with Crippen LogP contribution in [-0.2, 0) is 42.9 Å². The third-order valence-electron chi connectivity index (χ3n) is 10.7. The van der Waals surface area contributed by atoms with Gasteiger partial charge < -0.3 is 43.5 Å². The van der Waals surface area contributed by atoms with E-state index < -0.39 is 93.5 Å². The SMILES string of the molecule is CC=O.COC(=O)/C=C\[C@]1(C)C2[C@@H](O)[C@@H](OC(C)=O)C3[C@H](C)OC(=O)C(C)C3(C)[C@]2(C)[C@]2(O)O[C@@H](C)C(=O)[C@@]21O.c1ccoc1. The van der Waals surface area contributed by atoms with Crippen LogP contribution in [0.3, 0.4) is 0 Å². The molecule has 250 valence electrons. The van der Waals surface area contributed by atoms with Gasteiger partial charge in [0.25, 0.3) is 0 Å². The molecule has 0 bridgehead atoms. The van der Waals surface area contributed by atoms with Gasteiger partial charge in [-0.05, 0) is 32.9 Å². The van der Waals surface area contributed by atoms with Gasteiger partial charge in [-0.1, -0.05) is 33.8 Å². The minimum atomic E-state index is -2.66. The smallest absolute Gasteiger partial charge is 0.330 e. The summed E-state index contributed by atoms with van der Waals surface area (Å²) in [5.74, 6) is -8.59. The molecule has 1 aromatic heterocycles. The van der Waals surface area contributed by atoms with Crippen LogP contribution in [0.1, 0.15) is 55.4 Å². The molecule has 0 amide bonds. The van der Waals surface area contributed by atoms with Gasteiger partial charge in [0, 0.05) is 41.1 Å². The number of hydrogen-bond acceptors (Lipinski definition) is 13. The van der Waals surface area contributed by atoms with E-state index in [0.717, 1.165) is 19.5 Å². The normalized spacial score (nSPS) is 44.6. The number of carbonyl (C=O) groups is 5. The van der Waals surface area contributed by atoms with E-state index in [4.69, 9.17) is 23.7 Å². The predicted molar refractivity (Wildman–Crippen MR) is 155 cm³/mol. The molecule has 0 radical (unpaired) electrons. The minimum Gasteiger partial charge on any atom is -0.473 e. The second-order valence-corrected chi connectivity index (χ2v) is 12.6. The molecule has 4 aliphatic rings. The first kappa shape index (κ1) is 36.1. The van der Waals surface area contributed by atoms with Crippen molar-refractivity contribution in [2.45, 2.75) is 91.2 Å². The first-order valence-electron chi connectivity index (χ1n) is 14.7. The number of Topliss-reactive ketones (excluding diaryl/α,β-unsaturated/α-hetero) is 1. The summed E-state index contributed by atoms with van der Waals surface area (Å²) in [6, 6.07) is 3.67. The third kappa shape index (κ3) is 4.77. The Kier molecular flexibility index (Phi) is 9.96. The third-order valence-corrected chi connectivity index (χ3v) is 10.7. The number of fused-ring (bicyclic) bond motifs is 5. The highest BCUT2D eigenvalue weighted by atomic mass is 16.7. The van der Waals surface area contributed by atoms with Gasteiger partial charge in [-0.2, -0.15) is 0 Å². The topological polar surface area (TPSA) is 196 Å². The Morgan fingerprint density at radius 1 is 1.04 bits per heavy atom. The van der Waals surface area contributed by atoms with E-state index in [1.165, 1.54) is 33.8 Å². The van der Waals surface area contributed by atoms with Gasteiger partial charge in [0.05, 0.1) is 31.7 Å². The number of ether oxygens (including phenoxy) is 4. The quantitative estimate of drug-likeness (QED) is 0.188. The Labute approximate surface area is 261 Å². The highest BCUT2D eigenvalue weighted by Crippen LogP contribution is 2.79. The summed E-state index contributed by atoms with van der Waals surface area (Å²) in [6.45, 7) is 11.9. The summed E-state index contributed by atoms with van der Waals surface area (Å²) >= 11 is 0. The van der Waals surface area contributed by atoms with Crippen molar-refractivity contribution in [2.24, 2.45) is 34.0 Å². The minimum absolute atomic E-state index is 0.590. The van der Waals surface area contributed by atoms with Crippen LogP contribution in [0.25, 0.3) is 0 Å². The molecule has 45 heavy (non-hydrogen) atoms. The van der Waals surface area contributed by atoms with Gasteiger partial charge in [-0.25, -0.2) is 4.79 Å². The second-order valence-electron chi connectivity index (χ2n) is 12.6. The van der Waals surface area contributed by atoms with Crippen LogP contribution in [0.15, 0.2) is 41.2 Å². The Balaban J connectivity index is 0.000000608. The van der Waals surface area contributed by atoms with Crippen molar-refractivity contribution < 1.29 is 62.7 Å². The Morgan fingerprint density at radius 2 is 1.60 bits per heavy atom. The largest absolute Gasteiger partial charge is 0.473 e. The van der Waals surface area contributed by atoms with Crippen molar-refractivity contribution >= 4 is 30.0 Å². The van der Waals surface area contributed by atoms with Crippen molar-refractivity contribution in [1.29, 1.82) is 0 Å². The lowest BCUT2D eigenvalue weighted by Gasteiger charge is -2.66. The molecular formula is C32H44O13. The Morgan fingerprint density at radius 3 is 2.07 bits per heavy atom. The Hall–Kier alpha value is -3.39. The van der Waals surface area contributed by atoms with Crippen LogP contribution in [0, 0.1) is 34.0 Å². The molecule has 13 nitrogen and oxygen atoms in total. The van der Waals surface area contributed by atoms with Crippen LogP contribution in [-0.4, -0.2) is 88.2 Å². The lowest BCUT2D eigenvalue weighted by molar-refractivity contribution is -0.362. The van der Waals surface area contributed by atoms with E-state index in [0.29, 0.717) is 0 Å². The number of aliphatic hydroxyl groups is 3. The van der Waals surface area contributed by atoms with Crippen LogP contribution in [0.2, 0.25) is 0 Å². The summed E-state index contributed by atoms with van der Waals surface area (Å²) in [6.07, 6.45) is 1.31. The zero-order chi connectivity index (χ0) is 34.3. The molecule has 2 saturated heterocycles. The zero-order valence-electron chi connectivity index (χ0n) is 27.0. The van der Waals surface area contributed by atoms with Gasteiger partial charge in [0.1, 0.15) is 24.6 Å². The Bertz CT molecular complexity index is 1310. The van der Waals surface area contributed by atoms with Gasteiger partial charge in [0.15, 0.2) is 11.4 Å². The van der Waals surface area contributed by atoms with E-state index in [-0.39, 0.29) is 0 Å². The van der Waals surface area contributed by atoms with E-state index >= 15 is 0 Å². The highest BCUT2D eigenvalue weighted by Gasteiger charge is 2.92. The molecule has 2 aliphatic heterocycles. The maximum absolute atomic E-state index is 13.6. The van der Waals surface area contributed by atoms with Gasteiger partial charge in [-0.15, -0.1) is 0 Å². The fourth-order valence-electron chi connectivity index (χ4n) is 8.70. The number of ketones is 1. The molecule has 0 spiro atoms. The summed E-state index contributed by atoms with van der Waals surface area (Å²) < 4.78 is 26.4. The number of aldehydes is 1. The van der Waals surface area contributed by atoms with Crippen LogP contribution < -0.4 is 0 Å². The number of rotatable bonds is 3. The van der Waals surface area contributed by atoms with E-state index in [1.54, 1.807) is 40.2 Å². The number of cyclic esters (lactones) is 1. The fraction of sp³-hybridized carbons (Fsp3) is 0.656. The van der Waals surface area contributed by atoms with Crippen molar-refractivity contribution in [3.63, 3.8) is 0 Å². The number of aliphatic hydroxyl groups excluding tert-OH is 1. The molecule has 2 saturated carbocycles. The van der Waals surface area contributed by atoms with E-state index in [1.807, 2.05) is 12.1 Å². The van der Waals surface area contributed by atoms with Crippen molar-refractivity contribution in [3.8, 4) is 0 Å². The standard InChI is InChI=1S/C26H36O11.C4H4O.C2H4O/c1-11-21(31)35-12(2)16-18(36-14(4)27)17(29)19-22(5,10-9-15(28)34-8)25(32)20(30)13(3)37-26(25,33)24(19,7)23(11,16)6;1-2-4-5-3-1;1-2-3/h9-13,16-19,29,32-33H,1-8H3;1-4H;2H,1H3/b10-9-;;/t11?,12-,13-,16?,17-,18-,19?,22+,23?,24+,25-,26-;;/m0../s1. The number of esters is 3. The number of hydrogen-bond donors (Lipinski definition) is 3. The first-order chi connectivity index (χ1) is 20.8. The molecular weight excluding hydrogens is 592 g/mol. The number of methoxy groups -OCH3 is 1. The van der Waals surface area contributed by atoms with E-state index in [9.17, 15) is 34.5 Å². The molecule has 3 N–H and O–H groups in total. The highest BCUT2D eigenvalue weighted by molar-refractivity contribution is 5.97. The second kappa shape index (κ2) is 12.4. The average molecular weight is 637 g/mol. The van der Waals surface area contributed by atoms with Gasteiger partial charge in [-0.3, -0.25) is 14.4 Å². The molecule has 3 heterocycles.